The van der Waals surface area contributed by atoms with E-state index in [1.807, 2.05) is 0 Å². The molecule has 6 heteroatoms. The monoisotopic (exact) mass is 221 g/mol. The second kappa shape index (κ2) is 4.09. The number of halogens is 1. The van der Waals surface area contributed by atoms with Crippen molar-refractivity contribution in [3.63, 3.8) is 0 Å². The van der Waals surface area contributed by atoms with Gasteiger partial charge in [0.15, 0.2) is 5.82 Å². The highest BCUT2D eigenvalue weighted by atomic mass is 19.1. The fourth-order valence-electron chi connectivity index (χ4n) is 1.30. The summed E-state index contributed by atoms with van der Waals surface area (Å²) in [5.74, 6) is -0.635. The van der Waals surface area contributed by atoms with Crippen LogP contribution in [0, 0.1) is 5.82 Å². The molecule has 1 aromatic carbocycles. The molecule has 0 spiro atoms. The van der Waals surface area contributed by atoms with E-state index in [0.29, 0.717) is 5.75 Å². The molecule has 1 heterocycles. The van der Waals surface area contributed by atoms with Crippen LogP contribution in [-0.2, 0) is 0 Å². The van der Waals surface area contributed by atoms with E-state index in [-0.39, 0.29) is 11.4 Å². The average molecular weight is 221 g/mol. The summed E-state index contributed by atoms with van der Waals surface area (Å²) >= 11 is 0. The van der Waals surface area contributed by atoms with Crippen molar-refractivity contribution in [2.24, 2.45) is 0 Å². The van der Waals surface area contributed by atoms with Gasteiger partial charge in [-0.3, -0.25) is 9.89 Å². The molecule has 82 valence electrons. The Labute approximate surface area is 90.3 Å². The van der Waals surface area contributed by atoms with Crippen LogP contribution < -0.4 is 4.74 Å². The van der Waals surface area contributed by atoms with Gasteiger partial charge in [0.2, 0.25) is 5.78 Å². The minimum atomic E-state index is -0.510. The average Bonchev–Trinajstić information content (AvgIpc) is 2.81. The van der Waals surface area contributed by atoms with Gasteiger partial charge in [0.1, 0.15) is 17.9 Å². The molecule has 0 saturated heterocycles. The fourth-order valence-corrected chi connectivity index (χ4v) is 1.30. The van der Waals surface area contributed by atoms with E-state index < -0.39 is 11.6 Å². The number of aromatic nitrogens is 3. The van der Waals surface area contributed by atoms with Gasteiger partial charge in [-0.15, -0.1) is 0 Å². The van der Waals surface area contributed by atoms with Gasteiger partial charge in [-0.25, -0.2) is 9.37 Å². The normalized spacial score (nSPS) is 10.1. The number of H-pyrrole nitrogens is 1. The third kappa shape index (κ3) is 1.77. The molecule has 16 heavy (non-hydrogen) atoms. The van der Waals surface area contributed by atoms with Crippen molar-refractivity contribution in [1.82, 2.24) is 15.2 Å². The third-order valence-electron chi connectivity index (χ3n) is 2.04. The van der Waals surface area contributed by atoms with E-state index >= 15 is 0 Å². The largest absolute Gasteiger partial charge is 0.496 e. The number of hydrogen-bond acceptors (Lipinski definition) is 4. The van der Waals surface area contributed by atoms with E-state index in [9.17, 15) is 9.18 Å². The number of ether oxygens (including phenoxy) is 1. The zero-order valence-electron chi connectivity index (χ0n) is 8.40. The van der Waals surface area contributed by atoms with E-state index in [4.69, 9.17) is 4.74 Å². The van der Waals surface area contributed by atoms with Crippen molar-refractivity contribution in [3.8, 4) is 5.75 Å². The highest BCUT2D eigenvalue weighted by Crippen LogP contribution is 2.21. The van der Waals surface area contributed by atoms with Crippen LogP contribution in [0.4, 0.5) is 4.39 Å². The van der Waals surface area contributed by atoms with Crippen molar-refractivity contribution >= 4 is 5.78 Å². The molecule has 0 aliphatic rings. The number of hydrogen-bond donors (Lipinski definition) is 1. The molecule has 0 aliphatic heterocycles. The van der Waals surface area contributed by atoms with Crippen molar-refractivity contribution < 1.29 is 13.9 Å². The molecule has 0 fully saturated rings. The number of rotatable bonds is 3. The Morgan fingerprint density at radius 1 is 1.50 bits per heavy atom. The summed E-state index contributed by atoms with van der Waals surface area (Å²) in [6, 6.07) is 3.71. The molecule has 0 unspecified atom stereocenters. The van der Waals surface area contributed by atoms with Crippen LogP contribution in [0.15, 0.2) is 24.5 Å². The molecule has 1 aromatic heterocycles. The summed E-state index contributed by atoms with van der Waals surface area (Å²) in [5.41, 5.74) is 0.110. The van der Waals surface area contributed by atoms with E-state index in [2.05, 4.69) is 15.2 Å². The Bertz CT molecular complexity index is 511. The van der Waals surface area contributed by atoms with E-state index in [1.54, 1.807) is 0 Å². The molecule has 0 saturated carbocycles. The fraction of sp³-hybridized carbons (Fsp3) is 0.100. The predicted octanol–water partition coefficient (Wildman–Crippen LogP) is 1.18. The van der Waals surface area contributed by atoms with Gasteiger partial charge in [0, 0.05) is 0 Å². The summed E-state index contributed by atoms with van der Waals surface area (Å²) in [4.78, 5) is 15.6. The number of nitrogens with zero attached hydrogens (tertiary/aromatic N) is 2. The van der Waals surface area contributed by atoms with Gasteiger partial charge in [-0.1, -0.05) is 0 Å². The summed E-state index contributed by atoms with van der Waals surface area (Å²) < 4.78 is 18.0. The second-order valence-corrected chi connectivity index (χ2v) is 3.01. The Balaban J connectivity index is 2.47. The predicted molar refractivity (Wildman–Crippen MR) is 52.8 cm³/mol. The number of carbonyl (C=O) groups is 1. The molecule has 0 radical (unpaired) electrons. The molecule has 0 bridgehead atoms. The Kier molecular flexibility index (Phi) is 2.63. The summed E-state index contributed by atoms with van der Waals surface area (Å²) in [5, 5.41) is 5.97. The Morgan fingerprint density at radius 2 is 2.31 bits per heavy atom. The minimum absolute atomic E-state index is 0.0453. The van der Waals surface area contributed by atoms with Crippen LogP contribution in [-0.4, -0.2) is 28.1 Å². The first-order valence-corrected chi connectivity index (χ1v) is 4.46. The number of ketones is 1. The summed E-state index contributed by atoms with van der Waals surface area (Å²) in [6.45, 7) is 0. The molecular weight excluding hydrogens is 213 g/mol. The van der Waals surface area contributed by atoms with Crippen LogP contribution in [0.2, 0.25) is 0 Å². The van der Waals surface area contributed by atoms with Gasteiger partial charge in [0.25, 0.3) is 0 Å². The molecule has 2 aromatic rings. The smallest absolute Gasteiger partial charge is 0.233 e. The lowest BCUT2D eigenvalue weighted by Gasteiger charge is -2.05. The lowest BCUT2D eigenvalue weighted by Crippen LogP contribution is -2.06. The van der Waals surface area contributed by atoms with Gasteiger partial charge >= 0.3 is 0 Å². The maximum Gasteiger partial charge on any atom is 0.233 e. The topological polar surface area (TPSA) is 67.9 Å². The molecule has 1 N–H and O–H groups in total. The minimum Gasteiger partial charge on any atom is -0.496 e. The molecule has 5 nitrogen and oxygen atoms in total. The molecule has 0 amide bonds. The van der Waals surface area contributed by atoms with Crippen LogP contribution in [0.25, 0.3) is 0 Å². The van der Waals surface area contributed by atoms with Crippen LogP contribution >= 0.6 is 0 Å². The lowest BCUT2D eigenvalue weighted by atomic mass is 10.1. The van der Waals surface area contributed by atoms with E-state index in [0.717, 1.165) is 6.07 Å². The molecule has 0 atom stereocenters. The van der Waals surface area contributed by atoms with Crippen LogP contribution in [0.1, 0.15) is 16.2 Å². The highest BCUT2D eigenvalue weighted by molar-refractivity contribution is 6.08. The van der Waals surface area contributed by atoms with Crippen LogP contribution in [0.5, 0.6) is 5.75 Å². The lowest BCUT2D eigenvalue weighted by molar-refractivity contribution is 0.102. The molecular formula is C10H8FN3O2. The second-order valence-electron chi connectivity index (χ2n) is 3.01. The zero-order chi connectivity index (χ0) is 11.5. The quantitative estimate of drug-likeness (QED) is 0.790. The maximum absolute atomic E-state index is 13.0. The van der Waals surface area contributed by atoms with Gasteiger partial charge < -0.3 is 4.74 Å². The Morgan fingerprint density at radius 3 is 2.94 bits per heavy atom. The number of nitrogens with one attached hydrogen (secondary N) is 1. The first kappa shape index (κ1) is 10.3. The first-order valence-electron chi connectivity index (χ1n) is 4.46. The molecule has 0 aliphatic carbocycles. The van der Waals surface area contributed by atoms with Crippen molar-refractivity contribution in [1.29, 1.82) is 0 Å². The van der Waals surface area contributed by atoms with Gasteiger partial charge in [0.05, 0.1) is 12.7 Å². The summed E-state index contributed by atoms with van der Waals surface area (Å²) in [6.07, 6.45) is 1.21. The van der Waals surface area contributed by atoms with Crippen LogP contribution in [0.3, 0.4) is 0 Å². The molecule has 2 rings (SSSR count). The standard InChI is InChI=1S/C10H8FN3O2/c1-16-8-3-2-6(11)4-7(8)9(15)10-12-5-13-14-10/h2-5H,1H3,(H,12,13,14). The summed E-state index contributed by atoms with van der Waals surface area (Å²) in [7, 11) is 1.41. The number of carbonyl (C=O) groups excluding carboxylic acids is 1. The number of benzene rings is 1. The third-order valence-corrected chi connectivity index (χ3v) is 2.04. The highest BCUT2D eigenvalue weighted by Gasteiger charge is 2.17. The SMILES string of the molecule is COc1ccc(F)cc1C(=O)c1ncn[nH]1. The number of aromatic amines is 1. The van der Waals surface area contributed by atoms with E-state index in [1.165, 1.54) is 25.6 Å². The Hall–Kier alpha value is -2.24. The zero-order valence-corrected chi connectivity index (χ0v) is 8.40. The van der Waals surface area contributed by atoms with Crippen molar-refractivity contribution in [2.45, 2.75) is 0 Å². The first-order chi connectivity index (χ1) is 7.72. The van der Waals surface area contributed by atoms with Crippen molar-refractivity contribution in [2.75, 3.05) is 7.11 Å². The van der Waals surface area contributed by atoms with Crippen molar-refractivity contribution in [3.05, 3.63) is 41.7 Å². The van der Waals surface area contributed by atoms with Gasteiger partial charge in [-0.05, 0) is 18.2 Å². The maximum atomic E-state index is 13.0. The number of methoxy groups -OCH3 is 1. The van der Waals surface area contributed by atoms with Gasteiger partial charge in [-0.2, -0.15) is 5.10 Å².